The highest BCUT2D eigenvalue weighted by molar-refractivity contribution is 5.46. The van der Waals surface area contributed by atoms with Crippen LogP contribution >= 0.6 is 0 Å². The van der Waals surface area contributed by atoms with Crippen molar-refractivity contribution in [1.29, 1.82) is 10.5 Å². The van der Waals surface area contributed by atoms with Crippen LogP contribution in [0.3, 0.4) is 0 Å². The normalized spacial score (nSPS) is 10.5. The molecule has 0 fully saturated rings. The van der Waals surface area contributed by atoms with Crippen molar-refractivity contribution >= 4 is 0 Å². The number of nitrogens with zero attached hydrogens (tertiary/aromatic N) is 4. The lowest BCUT2D eigenvalue weighted by molar-refractivity contribution is -0.138. The molecule has 104 valence electrons. The maximum absolute atomic E-state index is 13.0. The Balaban J connectivity index is 2.50. The van der Waals surface area contributed by atoms with Gasteiger partial charge in [-0.25, -0.2) is 9.97 Å². The van der Waals surface area contributed by atoms with E-state index in [2.05, 4.69) is 9.97 Å². The minimum atomic E-state index is -4.71. The SMILES string of the molecule is N#Cc1ccc(Oc2nccnc2C#N)c(C(F)(F)F)c1. The van der Waals surface area contributed by atoms with Gasteiger partial charge in [-0.2, -0.15) is 23.7 Å². The largest absolute Gasteiger partial charge is 0.436 e. The lowest BCUT2D eigenvalue weighted by Gasteiger charge is -2.13. The van der Waals surface area contributed by atoms with Crippen molar-refractivity contribution in [3.05, 3.63) is 47.4 Å². The lowest BCUT2D eigenvalue weighted by Crippen LogP contribution is -2.08. The standard InChI is InChI=1S/C13H5F3N4O/c14-13(15,16)9-5-8(6-17)1-2-11(9)21-12-10(7-18)19-3-4-20-12/h1-5H. The van der Waals surface area contributed by atoms with Gasteiger partial charge in [0, 0.05) is 12.4 Å². The van der Waals surface area contributed by atoms with Gasteiger partial charge >= 0.3 is 6.18 Å². The van der Waals surface area contributed by atoms with E-state index in [4.69, 9.17) is 15.3 Å². The third-order valence-corrected chi connectivity index (χ3v) is 2.39. The Morgan fingerprint density at radius 1 is 1.05 bits per heavy atom. The molecule has 1 aromatic carbocycles. The van der Waals surface area contributed by atoms with Gasteiger partial charge in [-0.1, -0.05) is 0 Å². The number of rotatable bonds is 2. The first-order valence-electron chi connectivity index (χ1n) is 5.46. The van der Waals surface area contributed by atoms with E-state index in [1.54, 1.807) is 12.1 Å². The number of nitriles is 2. The van der Waals surface area contributed by atoms with Gasteiger partial charge in [0.2, 0.25) is 5.69 Å². The lowest BCUT2D eigenvalue weighted by atomic mass is 10.1. The van der Waals surface area contributed by atoms with E-state index in [0.29, 0.717) is 6.07 Å². The number of alkyl halides is 3. The Morgan fingerprint density at radius 3 is 2.38 bits per heavy atom. The number of aromatic nitrogens is 2. The van der Waals surface area contributed by atoms with Crippen molar-refractivity contribution in [1.82, 2.24) is 9.97 Å². The first-order chi connectivity index (χ1) is 9.95. The predicted octanol–water partition coefficient (Wildman–Crippen LogP) is 3.03. The van der Waals surface area contributed by atoms with Crippen LogP contribution in [0, 0.1) is 22.7 Å². The van der Waals surface area contributed by atoms with E-state index >= 15 is 0 Å². The number of ether oxygens (including phenoxy) is 1. The Hall–Kier alpha value is -3.13. The molecule has 21 heavy (non-hydrogen) atoms. The molecular formula is C13H5F3N4O. The molecule has 0 aliphatic heterocycles. The van der Waals surface area contributed by atoms with Crippen LogP contribution in [0.5, 0.6) is 11.6 Å². The molecule has 0 N–H and O–H groups in total. The molecule has 0 radical (unpaired) electrons. The fourth-order valence-corrected chi connectivity index (χ4v) is 1.49. The number of benzene rings is 1. The maximum Gasteiger partial charge on any atom is 0.420 e. The van der Waals surface area contributed by atoms with Crippen LogP contribution in [-0.4, -0.2) is 9.97 Å². The highest BCUT2D eigenvalue weighted by Crippen LogP contribution is 2.38. The Bertz CT molecular complexity index is 759. The van der Waals surface area contributed by atoms with Gasteiger partial charge in [0.25, 0.3) is 5.88 Å². The van der Waals surface area contributed by atoms with Crippen LogP contribution < -0.4 is 4.74 Å². The van der Waals surface area contributed by atoms with Gasteiger partial charge in [0.15, 0.2) is 0 Å². The highest BCUT2D eigenvalue weighted by Gasteiger charge is 2.35. The summed E-state index contributed by atoms with van der Waals surface area (Å²) in [6.45, 7) is 0. The third kappa shape index (κ3) is 3.07. The molecule has 0 atom stereocenters. The van der Waals surface area contributed by atoms with Gasteiger partial charge in [-0.3, -0.25) is 0 Å². The van der Waals surface area contributed by atoms with Gasteiger partial charge in [-0.15, -0.1) is 0 Å². The molecule has 0 aliphatic rings. The molecule has 0 spiro atoms. The summed E-state index contributed by atoms with van der Waals surface area (Å²) in [5, 5.41) is 17.5. The first-order valence-corrected chi connectivity index (χ1v) is 5.46. The van der Waals surface area contributed by atoms with E-state index < -0.39 is 17.5 Å². The summed E-state index contributed by atoms with van der Waals surface area (Å²) in [4.78, 5) is 7.31. The van der Waals surface area contributed by atoms with Gasteiger partial charge in [0.05, 0.1) is 17.2 Å². The quantitative estimate of drug-likeness (QED) is 0.848. The van der Waals surface area contributed by atoms with Crippen molar-refractivity contribution in [2.24, 2.45) is 0 Å². The highest BCUT2D eigenvalue weighted by atomic mass is 19.4. The second kappa shape index (κ2) is 5.47. The Labute approximate surface area is 116 Å². The number of halogens is 3. The smallest absolute Gasteiger partial charge is 0.420 e. The van der Waals surface area contributed by atoms with Crippen LogP contribution in [0.2, 0.25) is 0 Å². The molecule has 5 nitrogen and oxygen atoms in total. The molecule has 0 amide bonds. The van der Waals surface area contributed by atoms with Gasteiger partial charge < -0.3 is 4.74 Å². The van der Waals surface area contributed by atoms with E-state index in [9.17, 15) is 13.2 Å². The summed E-state index contributed by atoms with van der Waals surface area (Å²) in [5.41, 5.74) is -1.53. The molecule has 0 aliphatic carbocycles. The zero-order valence-corrected chi connectivity index (χ0v) is 10.2. The number of hydrogen-bond donors (Lipinski definition) is 0. The molecule has 2 aromatic rings. The van der Waals surface area contributed by atoms with Crippen molar-refractivity contribution < 1.29 is 17.9 Å². The van der Waals surface area contributed by atoms with Crippen LogP contribution in [0.25, 0.3) is 0 Å². The van der Waals surface area contributed by atoms with Crippen LogP contribution in [0.15, 0.2) is 30.6 Å². The van der Waals surface area contributed by atoms with E-state index in [1.165, 1.54) is 18.5 Å². The average Bonchev–Trinajstić information content (AvgIpc) is 2.47. The van der Waals surface area contributed by atoms with E-state index in [-0.39, 0.29) is 17.1 Å². The van der Waals surface area contributed by atoms with Gasteiger partial charge in [0.1, 0.15) is 11.8 Å². The molecule has 0 unspecified atom stereocenters. The zero-order chi connectivity index (χ0) is 15.5. The molecule has 0 bridgehead atoms. The molecule has 1 aromatic heterocycles. The molecule has 0 saturated carbocycles. The molecule has 8 heteroatoms. The van der Waals surface area contributed by atoms with Crippen LogP contribution in [0.4, 0.5) is 13.2 Å². The third-order valence-electron chi connectivity index (χ3n) is 2.39. The molecule has 1 heterocycles. The summed E-state index contributed by atoms with van der Waals surface area (Å²) in [6.07, 6.45) is -2.31. The summed E-state index contributed by atoms with van der Waals surface area (Å²) in [5.74, 6) is -0.895. The fraction of sp³-hybridized carbons (Fsp3) is 0.0769. The monoisotopic (exact) mass is 290 g/mol. The minimum Gasteiger partial charge on any atom is -0.436 e. The molecular weight excluding hydrogens is 285 g/mol. The van der Waals surface area contributed by atoms with Crippen LogP contribution in [-0.2, 0) is 6.18 Å². The number of hydrogen-bond acceptors (Lipinski definition) is 5. The van der Waals surface area contributed by atoms with Gasteiger partial charge in [-0.05, 0) is 18.2 Å². The van der Waals surface area contributed by atoms with E-state index in [0.717, 1.165) is 6.07 Å². The zero-order valence-electron chi connectivity index (χ0n) is 10.2. The predicted molar refractivity (Wildman–Crippen MR) is 63.0 cm³/mol. The summed E-state index contributed by atoms with van der Waals surface area (Å²) in [6, 6.07) is 6.12. The van der Waals surface area contributed by atoms with Crippen molar-refractivity contribution in [2.75, 3.05) is 0 Å². The van der Waals surface area contributed by atoms with Crippen LogP contribution in [0.1, 0.15) is 16.8 Å². The first kappa shape index (κ1) is 14.3. The Kier molecular flexibility index (Phi) is 3.72. The van der Waals surface area contributed by atoms with Crippen molar-refractivity contribution in [2.45, 2.75) is 6.18 Å². The fourth-order valence-electron chi connectivity index (χ4n) is 1.49. The summed E-state index contributed by atoms with van der Waals surface area (Å²) >= 11 is 0. The average molecular weight is 290 g/mol. The second-order valence-corrected chi connectivity index (χ2v) is 3.74. The summed E-state index contributed by atoms with van der Waals surface area (Å²) in [7, 11) is 0. The topological polar surface area (TPSA) is 82.6 Å². The maximum atomic E-state index is 13.0. The minimum absolute atomic E-state index is 0.158. The Morgan fingerprint density at radius 2 is 1.76 bits per heavy atom. The second-order valence-electron chi connectivity index (χ2n) is 3.74. The molecule has 2 rings (SSSR count). The molecule has 0 saturated heterocycles. The summed E-state index contributed by atoms with van der Waals surface area (Å²) < 4.78 is 43.9. The van der Waals surface area contributed by atoms with Crippen molar-refractivity contribution in [3.63, 3.8) is 0 Å². The van der Waals surface area contributed by atoms with Crippen molar-refractivity contribution in [3.8, 4) is 23.8 Å². The van der Waals surface area contributed by atoms with E-state index in [1.807, 2.05) is 0 Å².